The lowest BCUT2D eigenvalue weighted by molar-refractivity contribution is 0.180. The number of hydrogen-bond acceptors (Lipinski definition) is 3. The van der Waals surface area contributed by atoms with Gasteiger partial charge in [0.25, 0.3) is 0 Å². The Bertz CT molecular complexity index is 284. The van der Waals surface area contributed by atoms with Crippen LogP contribution in [-0.4, -0.2) is 24.0 Å². The Hall–Kier alpha value is -0.800. The molecule has 2 rings (SSSR count). The van der Waals surface area contributed by atoms with Gasteiger partial charge in [-0.05, 0) is 31.9 Å². The van der Waals surface area contributed by atoms with Crippen LogP contribution in [0.15, 0.2) is 23.0 Å². The maximum absolute atomic E-state index is 5.88. The molecule has 1 aliphatic heterocycles. The van der Waals surface area contributed by atoms with Crippen molar-refractivity contribution in [3.05, 3.63) is 24.2 Å². The van der Waals surface area contributed by atoms with Crippen molar-refractivity contribution in [2.24, 2.45) is 5.73 Å². The van der Waals surface area contributed by atoms with Gasteiger partial charge in [-0.3, -0.25) is 4.90 Å². The Morgan fingerprint density at radius 1 is 1.67 bits per heavy atom. The lowest BCUT2D eigenvalue weighted by atomic mass is 10.1. The van der Waals surface area contributed by atoms with E-state index in [1.54, 1.807) is 6.26 Å². The minimum atomic E-state index is 0.344. The number of hydrogen-bond donors (Lipinski definition) is 1. The number of nitrogens with two attached hydrogens (primary N) is 1. The first-order chi connectivity index (χ1) is 7.36. The minimum absolute atomic E-state index is 0.344. The lowest BCUT2D eigenvalue weighted by Gasteiger charge is -2.31. The highest BCUT2D eigenvalue weighted by molar-refractivity contribution is 5.13. The van der Waals surface area contributed by atoms with Gasteiger partial charge in [-0.25, -0.2) is 0 Å². The zero-order chi connectivity index (χ0) is 10.7. The van der Waals surface area contributed by atoms with Crippen molar-refractivity contribution in [3.63, 3.8) is 0 Å². The number of nitrogens with zero attached hydrogens (tertiary/aromatic N) is 1. The first kappa shape index (κ1) is 10.7. The fourth-order valence-electron chi connectivity index (χ4n) is 2.63. The number of likely N-dealkylation sites (tertiary alicyclic amines) is 1. The average Bonchev–Trinajstić information content (AvgIpc) is 2.89. The van der Waals surface area contributed by atoms with E-state index >= 15 is 0 Å². The van der Waals surface area contributed by atoms with E-state index in [9.17, 15) is 0 Å². The molecule has 0 amide bonds. The molecule has 1 aromatic rings. The molecule has 2 heterocycles. The van der Waals surface area contributed by atoms with Gasteiger partial charge >= 0.3 is 0 Å². The molecule has 3 heteroatoms. The Labute approximate surface area is 91.2 Å². The molecule has 2 N–H and O–H groups in total. The summed E-state index contributed by atoms with van der Waals surface area (Å²) in [6, 6.07) is 3.08. The second-order valence-corrected chi connectivity index (χ2v) is 4.25. The predicted molar refractivity (Wildman–Crippen MR) is 60.5 cm³/mol. The van der Waals surface area contributed by atoms with E-state index in [2.05, 4.69) is 11.8 Å². The molecule has 15 heavy (non-hydrogen) atoms. The van der Waals surface area contributed by atoms with Gasteiger partial charge in [0.05, 0.1) is 18.6 Å². The first-order valence-corrected chi connectivity index (χ1v) is 5.84. The molecule has 0 saturated carbocycles. The van der Waals surface area contributed by atoms with E-state index in [0.717, 1.165) is 0 Å². The SMILES string of the molecule is CCC1CCCN1C(CN)c1ccoc1. The maximum atomic E-state index is 5.88. The van der Waals surface area contributed by atoms with Crippen molar-refractivity contribution in [1.82, 2.24) is 4.90 Å². The Morgan fingerprint density at radius 3 is 3.13 bits per heavy atom. The molecule has 2 atom stereocenters. The molecule has 0 spiro atoms. The fourth-order valence-corrected chi connectivity index (χ4v) is 2.63. The summed E-state index contributed by atoms with van der Waals surface area (Å²) in [7, 11) is 0. The van der Waals surface area contributed by atoms with E-state index < -0.39 is 0 Å². The molecule has 1 fully saturated rings. The van der Waals surface area contributed by atoms with Crippen LogP contribution in [0.2, 0.25) is 0 Å². The first-order valence-electron chi connectivity index (χ1n) is 5.84. The highest BCUT2D eigenvalue weighted by Crippen LogP contribution is 2.30. The number of rotatable bonds is 4. The van der Waals surface area contributed by atoms with Crippen LogP contribution >= 0.6 is 0 Å². The van der Waals surface area contributed by atoms with E-state index in [1.807, 2.05) is 12.3 Å². The summed E-state index contributed by atoms with van der Waals surface area (Å²) in [5.41, 5.74) is 7.10. The van der Waals surface area contributed by atoms with E-state index in [0.29, 0.717) is 18.6 Å². The molecule has 0 bridgehead atoms. The van der Waals surface area contributed by atoms with Gasteiger partial charge in [0, 0.05) is 18.2 Å². The van der Waals surface area contributed by atoms with Crippen molar-refractivity contribution in [1.29, 1.82) is 0 Å². The molecule has 0 radical (unpaired) electrons. The predicted octanol–water partition coefficient (Wildman–Crippen LogP) is 2.15. The van der Waals surface area contributed by atoms with Crippen LogP contribution in [-0.2, 0) is 0 Å². The van der Waals surface area contributed by atoms with Crippen LogP contribution in [0.3, 0.4) is 0 Å². The van der Waals surface area contributed by atoms with Crippen LogP contribution in [0.5, 0.6) is 0 Å². The van der Waals surface area contributed by atoms with Crippen molar-refractivity contribution in [2.75, 3.05) is 13.1 Å². The summed E-state index contributed by atoms with van der Waals surface area (Å²) in [5, 5.41) is 0. The number of furan rings is 1. The topological polar surface area (TPSA) is 42.4 Å². The Kier molecular flexibility index (Phi) is 3.44. The van der Waals surface area contributed by atoms with E-state index in [4.69, 9.17) is 10.2 Å². The molecule has 2 unspecified atom stereocenters. The molecular weight excluding hydrogens is 188 g/mol. The highest BCUT2D eigenvalue weighted by Gasteiger charge is 2.29. The molecule has 0 aliphatic carbocycles. The third kappa shape index (κ3) is 2.08. The average molecular weight is 208 g/mol. The second-order valence-electron chi connectivity index (χ2n) is 4.25. The third-order valence-electron chi connectivity index (χ3n) is 3.45. The van der Waals surface area contributed by atoms with Crippen molar-refractivity contribution in [2.45, 2.75) is 38.3 Å². The summed E-state index contributed by atoms with van der Waals surface area (Å²) in [6.45, 7) is 4.10. The standard InChI is InChI=1S/C12H20N2O/c1-2-11-4-3-6-14(11)12(8-13)10-5-7-15-9-10/h5,7,9,11-12H,2-4,6,8,13H2,1H3. The molecule has 84 valence electrons. The maximum Gasteiger partial charge on any atom is 0.0950 e. The summed E-state index contributed by atoms with van der Waals surface area (Å²) in [4.78, 5) is 2.53. The monoisotopic (exact) mass is 208 g/mol. The summed E-state index contributed by atoms with van der Waals surface area (Å²) in [6.07, 6.45) is 7.38. The van der Waals surface area contributed by atoms with Gasteiger partial charge in [-0.15, -0.1) is 0 Å². The zero-order valence-corrected chi connectivity index (χ0v) is 9.36. The molecular formula is C12H20N2O. The molecule has 0 aromatic carbocycles. The zero-order valence-electron chi connectivity index (χ0n) is 9.36. The Morgan fingerprint density at radius 2 is 2.53 bits per heavy atom. The van der Waals surface area contributed by atoms with E-state index in [1.165, 1.54) is 31.4 Å². The van der Waals surface area contributed by atoms with Crippen LogP contribution in [0.4, 0.5) is 0 Å². The Balaban J connectivity index is 2.12. The van der Waals surface area contributed by atoms with Crippen LogP contribution < -0.4 is 5.73 Å². The fraction of sp³-hybridized carbons (Fsp3) is 0.667. The third-order valence-corrected chi connectivity index (χ3v) is 3.45. The van der Waals surface area contributed by atoms with E-state index in [-0.39, 0.29) is 0 Å². The van der Waals surface area contributed by atoms with Gasteiger partial charge in [0.15, 0.2) is 0 Å². The second kappa shape index (κ2) is 4.81. The summed E-state index contributed by atoms with van der Waals surface area (Å²) >= 11 is 0. The van der Waals surface area contributed by atoms with Gasteiger partial charge in [0.1, 0.15) is 0 Å². The van der Waals surface area contributed by atoms with Gasteiger partial charge in [-0.2, -0.15) is 0 Å². The van der Waals surface area contributed by atoms with Crippen LogP contribution in [0, 0.1) is 0 Å². The minimum Gasteiger partial charge on any atom is -0.472 e. The quantitative estimate of drug-likeness (QED) is 0.824. The molecule has 1 aromatic heterocycles. The normalized spacial score (nSPS) is 24.5. The van der Waals surface area contributed by atoms with Gasteiger partial charge in [-0.1, -0.05) is 6.92 Å². The van der Waals surface area contributed by atoms with Crippen LogP contribution in [0.25, 0.3) is 0 Å². The summed E-state index contributed by atoms with van der Waals surface area (Å²) < 4.78 is 5.14. The van der Waals surface area contributed by atoms with Crippen molar-refractivity contribution >= 4 is 0 Å². The van der Waals surface area contributed by atoms with Crippen molar-refractivity contribution in [3.8, 4) is 0 Å². The van der Waals surface area contributed by atoms with Crippen molar-refractivity contribution < 1.29 is 4.42 Å². The molecule has 1 aliphatic rings. The van der Waals surface area contributed by atoms with Gasteiger partial charge in [0.2, 0.25) is 0 Å². The molecule has 1 saturated heterocycles. The smallest absolute Gasteiger partial charge is 0.0950 e. The highest BCUT2D eigenvalue weighted by atomic mass is 16.3. The summed E-state index contributed by atoms with van der Waals surface area (Å²) in [5.74, 6) is 0. The largest absolute Gasteiger partial charge is 0.472 e. The molecule has 3 nitrogen and oxygen atoms in total. The lowest BCUT2D eigenvalue weighted by Crippen LogP contribution is -2.36. The van der Waals surface area contributed by atoms with Crippen LogP contribution in [0.1, 0.15) is 37.8 Å². The van der Waals surface area contributed by atoms with Gasteiger partial charge < -0.3 is 10.2 Å².